The number of nitrogens with one attached hydrogen (secondary N) is 1. The van der Waals surface area contributed by atoms with Crippen LogP contribution in [0.15, 0.2) is 24.5 Å². The fraction of sp³-hybridized carbons (Fsp3) is 0.600. The third kappa shape index (κ3) is 4.90. The Morgan fingerprint density at radius 1 is 1.52 bits per heavy atom. The van der Waals surface area contributed by atoms with Crippen LogP contribution in [-0.2, 0) is 4.74 Å². The average Bonchev–Trinajstić information content (AvgIpc) is 2.45. The number of rotatable bonds is 3. The van der Waals surface area contributed by atoms with Gasteiger partial charge in [-0.3, -0.25) is 9.88 Å². The van der Waals surface area contributed by atoms with Gasteiger partial charge in [0.1, 0.15) is 18.0 Å². The van der Waals surface area contributed by atoms with Gasteiger partial charge in [0.25, 0.3) is 0 Å². The number of carbonyl (C=O) groups excluding carboxylic acids is 1. The van der Waals surface area contributed by atoms with Crippen LogP contribution in [-0.4, -0.2) is 53.9 Å². The van der Waals surface area contributed by atoms with Crippen molar-refractivity contribution in [3.8, 4) is 5.75 Å². The highest BCUT2D eigenvalue weighted by atomic mass is 16.6. The molecule has 0 aromatic carbocycles. The summed E-state index contributed by atoms with van der Waals surface area (Å²) < 4.78 is 11.2. The van der Waals surface area contributed by atoms with Gasteiger partial charge in [-0.25, -0.2) is 4.79 Å². The first-order valence-corrected chi connectivity index (χ1v) is 7.19. The van der Waals surface area contributed by atoms with E-state index in [4.69, 9.17) is 9.47 Å². The van der Waals surface area contributed by atoms with E-state index in [9.17, 15) is 4.79 Å². The number of carbonyl (C=O) groups is 1. The van der Waals surface area contributed by atoms with Crippen molar-refractivity contribution < 1.29 is 14.3 Å². The molecule has 1 aliphatic rings. The number of hydrogen-bond acceptors (Lipinski definition) is 5. The third-order valence-electron chi connectivity index (χ3n) is 3.06. The molecule has 21 heavy (non-hydrogen) atoms. The van der Waals surface area contributed by atoms with Gasteiger partial charge in [-0.05, 0) is 32.9 Å². The molecular formula is C15H23N3O3. The zero-order valence-corrected chi connectivity index (χ0v) is 12.8. The van der Waals surface area contributed by atoms with Crippen LogP contribution in [0.4, 0.5) is 4.79 Å². The van der Waals surface area contributed by atoms with Gasteiger partial charge in [0.05, 0.1) is 12.2 Å². The van der Waals surface area contributed by atoms with Gasteiger partial charge in [-0.1, -0.05) is 0 Å². The highest BCUT2D eigenvalue weighted by Gasteiger charge is 2.30. The molecule has 1 saturated heterocycles. The number of aromatic nitrogens is 1. The molecule has 1 N–H and O–H groups in total. The van der Waals surface area contributed by atoms with Crippen molar-refractivity contribution >= 4 is 6.09 Å². The van der Waals surface area contributed by atoms with Gasteiger partial charge >= 0.3 is 6.09 Å². The van der Waals surface area contributed by atoms with E-state index in [1.807, 2.05) is 32.9 Å². The topological polar surface area (TPSA) is 63.7 Å². The van der Waals surface area contributed by atoms with Gasteiger partial charge in [-0.15, -0.1) is 0 Å². The number of piperazine rings is 1. The summed E-state index contributed by atoms with van der Waals surface area (Å²) in [5, 5.41) is 3.27. The Balaban J connectivity index is 1.94. The van der Waals surface area contributed by atoms with Crippen molar-refractivity contribution in [2.45, 2.75) is 32.4 Å². The second-order valence-corrected chi connectivity index (χ2v) is 6.03. The molecule has 1 aromatic heterocycles. The van der Waals surface area contributed by atoms with Crippen LogP contribution in [0, 0.1) is 0 Å². The first-order chi connectivity index (χ1) is 9.96. The number of ether oxygens (including phenoxy) is 2. The molecule has 1 fully saturated rings. The maximum Gasteiger partial charge on any atom is 0.410 e. The predicted molar refractivity (Wildman–Crippen MR) is 79.3 cm³/mol. The highest BCUT2D eigenvalue weighted by Crippen LogP contribution is 2.14. The number of nitrogens with zero attached hydrogens (tertiary/aromatic N) is 2. The normalized spacial score (nSPS) is 19.2. The Labute approximate surface area is 125 Å². The van der Waals surface area contributed by atoms with Crippen LogP contribution in [0.5, 0.6) is 5.75 Å². The zero-order valence-electron chi connectivity index (χ0n) is 12.8. The molecule has 116 valence electrons. The van der Waals surface area contributed by atoms with Crippen molar-refractivity contribution in [2.75, 3.05) is 26.2 Å². The Morgan fingerprint density at radius 3 is 3.00 bits per heavy atom. The molecule has 0 spiro atoms. The van der Waals surface area contributed by atoms with E-state index >= 15 is 0 Å². The minimum atomic E-state index is -0.489. The summed E-state index contributed by atoms with van der Waals surface area (Å²) in [6, 6.07) is 3.62. The van der Waals surface area contributed by atoms with Gasteiger partial charge in [0, 0.05) is 25.8 Å². The molecule has 1 unspecified atom stereocenters. The predicted octanol–water partition coefficient (Wildman–Crippen LogP) is 1.67. The number of pyridine rings is 1. The fourth-order valence-corrected chi connectivity index (χ4v) is 2.10. The minimum Gasteiger partial charge on any atom is -0.490 e. The van der Waals surface area contributed by atoms with Crippen LogP contribution in [0.25, 0.3) is 0 Å². The second kappa shape index (κ2) is 6.76. The quantitative estimate of drug-likeness (QED) is 0.918. The molecule has 0 bridgehead atoms. The van der Waals surface area contributed by atoms with Crippen LogP contribution < -0.4 is 10.1 Å². The first-order valence-electron chi connectivity index (χ1n) is 7.19. The average molecular weight is 293 g/mol. The third-order valence-corrected chi connectivity index (χ3v) is 3.06. The van der Waals surface area contributed by atoms with E-state index in [2.05, 4.69) is 10.3 Å². The number of amides is 1. The maximum atomic E-state index is 12.2. The van der Waals surface area contributed by atoms with E-state index < -0.39 is 5.60 Å². The fourth-order valence-electron chi connectivity index (χ4n) is 2.10. The molecule has 6 nitrogen and oxygen atoms in total. The lowest BCUT2D eigenvalue weighted by atomic mass is 10.2. The summed E-state index contributed by atoms with van der Waals surface area (Å²) in [5.74, 6) is 0.701. The van der Waals surface area contributed by atoms with Crippen molar-refractivity contribution in [1.82, 2.24) is 15.2 Å². The molecule has 2 heterocycles. The molecule has 6 heteroatoms. The summed E-state index contributed by atoms with van der Waals surface area (Å²) in [6.45, 7) is 8.10. The molecular weight excluding hydrogens is 270 g/mol. The molecule has 1 amide bonds. The maximum absolute atomic E-state index is 12.2. The second-order valence-electron chi connectivity index (χ2n) is 6.03. The molecule has 1 atom stereocenters. The first kappa shape index (κ1) is 15.6. The zero-order chi connectivity index (χ0) is 15.3. The highest BCUT2D eigenvalue weighted by molar-refractivity contribution is 5.68. The Hall–Kier alpha value is -1.82. The van der Waals surface area contributed by atoms with Crippen LogP contribution in [0.1, 0.15) is 20.8 Å². The van der Waals surface area contributed by atoms with Crippen LogP contribution in [0.2, 0.25) is 0 Å². The van der Waals surface area contributed by atoms with E-state index in [-0.39, 0.29) is 12.1 Å². The van der Waals surface area contributed by atoms with Crippen molar-refractivity contribution in [1.29, 1.82) is 0 Å². The lowest BCUT2D eigenvalue weighted by molar-refractivity contribution is 0.00630. The molecule has 0 saturated carbocycles. The van der Waals surface area contributed by atoms with Gasteiger partial charge in [0.2, 0.25) is 0 Å². The van der Waals surface area contributed by atoms with Crippen LogP contribution in [0.3, 0.4) is 0 Å². The Morgan fingerprint density at radius 2 is 2.33 bits per heavy atom. The van der Waals surface area contributed by atoms with E-state index in [1.54, 1.807) is 17.3 Å². The number of hydrogen-bond donors (Lipinski definition) is 1. The van der Waals surface area contributed by atoms with Crippen molar-refractivity contribution in [3.63, 3.8) is 0 Å². The van der Waals surface area contributed by atoms with Crippen LogP contribution >= 0.6 is 0 Å². The molecule has 0 aliphatic carbocycles. The summed E-state index contributed by atoms with van der Waals surface area (Å²) >= 11 is 0. The summed E-state index contributed by atoms with van der Waals surface area (Å²) in [5.41, 5.74) is -0.489. The monoisotopic (exact) mass is 293 g/mol. The molecule has 0 radical (unpaired) electrons. The summed E-state index contributed by atoms with van der Waals surface area (Å²) in [4.78, 5) is 18.0. The van der Waals surface area contributed by atoms with Crippen molar-refractivity contribution in [2.24, 2.45) is 0 Å². The van der Waals surface area contributed by atoms with E-state index in [0.717, 1.165) is 6.54 Å². The summed E-state index contributed by atoms with van der Waals surface area (Å²) in [6.07, 6.45) is 3.07. The molecule has 2 rings (SSSR count). The smallest absolute Gasteiger partial charge is 0.410 e. The Kier molecular flexibility index (Phi) is 5.01. The van der Waals surface area contributed by atoms with Gasteiger partial charge < -0.3 is 14.8 Å². The van der Waals surface area contributed by atoms with E-state index in [1.165, 1.54) is 0 Å². The lowest BCUT2D eigenvalue weighted by Gasteiger charge is -2.36. The standard InChI is InChI=1S/C15H23N3O3/c1-15(2,3)21-14(19)18-8-7-17-9-12(18)11-20-13-5-4-6-16-10-13/h4-6,10,12,17H,7-9,11H2,1-3H3. The summed E-state index contributed by atoms with van der Waals surface area (Å²) in [7, 11) is 0. The van der Waals surface area contributed by atoms with E-state index in [0.29, 0.717) is 25.4 Å². The largest absolute Gasteiger partial charge is 0.490 e. The Bertz CT molecular complexity index is 459. The molecule has 1 aliphatic heterocycles. The molecule has 1 aromatic rings. The SMILES string of the molecule is CC(C)(C)OC(=O)N1CCNCC1COc1cccnc1. The van der Waals surface area contributed by atoms with Crippen molar-refractivity contribution in [3.05, 3.63) is 24.5 Å². The lowest BCUT2D eigenvalue weighted by Crippen LogP contribution is -2.56. The van der Waals surface area contributed by atoms with Gasteiger partial charge in [-0.2, -0.15) is 0 Å². The minimum absolute atomic E-state index is 0.0474. The van der Waals surface area contributed by atoms with Gasteiger partial charge in [0.15, 0.2) is 0 Å².